The molecule has 6 nitrogen and oxygen atoms in total. The average molecular weight is 234 g/mol. The molecule has 1 aromatic carbocycles. The van der Waals surface area contributed by atoms with Crippen molar-refractivity contribution in [3.8, 4) is 6.07 Å². The van der Waals surface area contributed by atoms with Crippen molar-refractivity contribution in [2.75, 3.05) is 7.11 Å². The molecular formula is C11H10N2O4. The molecule has 0 amide bonds. The third kappa shape index (κ3) is 2.23. The molecule has 6 heteroatoms. The number of nitrogens with zero attached hydrogens (tertiary/aromatic N) is 2. The Kier molecular flexibility index (Phi) is 3.78. The number of carbonyl (C=O) groups is 1. The molecule has 0 aliphatic carbocycles. The molecule has 0 saturated carbocycles. The number of hydrogen-bond acceptors (Lipinski definition) is 5. The molecule has 0 aliphatic rings. The molecule has 17 heavy (non-hydrogen) atoms. The van der Waals surface area contributed by atoms with Crippen LogP contribution in [0.5, 0.6) is 0 Å². The van der Waals surface area contributed by atoms with Crippen LogP contribution in [0.3, 0.4) is 0 Å². The first-order chi connectivity index (χ1) is 8.06. The van der Waals surface area contributed by atoms with Crippen molar-refractivity contribution in [2.24, 2.45) is 0 Å². The van der Waals surface area contributed by atoms with Gasteiger partial charge in [-0.05, 0) is 12.5 Å². The van der Waals surface area contributed by atoms with E-state index in [0.29, 0.717) is 0 Å². The van der Waals surface area contributed by atoms with Crippen molar-refractivity contribution >= 4 is 11.7 Å². The van der Waals surface area contributed by atoms with Gasteiger partial charge in [-0.1, -0.05) is 6.92 Å². The topological polar surface area (TPSA) is 93.2 Å². The number of nitro benzene ring substituents is 1. The minimum atomic E-state index is -0.734. The summed E-state index contributed by atoms with van der Waals surface area (Å²) >= 11 is 0. The van der Waals surface area contributed by atoms with E-state index in [1.54, 1.807) is 6.92 Å². The number of carbonyl (C=O) groups excluding carboxylic acids is 1. The summed E-state index contributed by atoms with van der Waals surface area (Å²) in [5.41, 5.74) is 0.110. The monoisotopic (exact) mass is 234 g/mol. The maximum atomic E-state index is 11.6. The van der Waals surface area contributed by atoms with E-state index >= 15 is 0 Å². The Morgan fingerprint density at radius 1 is 1.59 bits per heavy atom. The fraction of sp³-hybridized carbons (Fsp3) is 0.273. The molecule has 0 heterocycles. The molecule has 0 atom stereocenters. The summed E-state index contributed by atoms with van der Waals surface area (Å²) in [5.74, 6) is -0.734. The highest BCUT2D eigenvalue weighted by atomic mass is 16.6. The lowest BCUT2D eigenvalue weighted by atomic mass is 9.98. The largest absolute Gasteiger partial charge is 0.465 e. The van der Waals surface area contributed by atoms with Gasteiger partial charge in [-0.2, -0.15) is 5.26 Å². The zero-order valence-electron chi connectivity index (χ0n) is 9.39. The molecule has 0 saturated heterocycles. The van der Waals surface area contributed by atoms with Gasteiger partial charge in [-0.3, -0.25) is 10.1 Å². The molecule has 0 aromatic heterocycles. The molecule has 0 bridgehead atoms. The van der Waals surface area contributed by atoms with Crippen molar-refractivity contribution in [1.82, 2.24) is 0 Å². The summed E-state index contributed by atoms with van der Waals surface area (Å²) < 4.78 is 4.54. The Balaban J connectivity index is 3.61. The van der Waals surface area contributed by atoms with E-state index in [4.69, 9.17) is 5.26 Å². The summed E-state index contributed by atoms with van der Waals surface area (Å²) in [6, 6.07) is 4.31. The minimum Gasteiger partial charge on any atom is -0.465 e. The fourth-order valence-electron chi connectivity index (χ4n) is 1.59. The van der Waals surface area contributed by atoms with E-state index in [1.165, 1.54) is 19.2 Å². The third-order valence-electron chi connectivity index (χ3n) is 2.35. The van der Waals surface area contributed by atoms with Gasteiger partial charge in [0.05, 0.1) is 23.2 Å². The summed E-state index contributed by atoms with van der Waals surface area (Å²) in [6.07, 6.45) is 0.274. The molecule has 0 unspecified atom stereocenters. The number of nitro groups is 1. The van der Waals surface area contributed by atoms with Crippen LogP contribution in [0.15, 0.2) is 12.1 Å². The Bertz CT molecular complexity index is 517. The molecule has 0 radical (unpaired) electrons. The second-order valence-electron chi connectivity index (χ2n) is 3.20. The lowest BCUT2D eigenvalue weighted by molar-refractivity contribution is -0.385. The molecule has 1 rings (SSSR count). The van der Waals surface area contributed by atoms with Crippen LogP contribution >= 0.6 is 0 Å². The van der Waals surface area contributed by atoms with Gasteiger partial charge in [0.2, 0.25) is 0 Å². The van der Waals surface area contributed by atoms with Crippen molar-refractivity contribution in [1.29, 1.82) is 5.26 Å². The van der Waals surface area contributed by atoms with Crippen LogP contribution in [0, 0.1) is 21.4 Å². The molecule has 0 N–H and O–H groups in total. The third-order valence-corrected chi connectivity index (χ3v) is 2.35. The molecule has 0 spiro atoms. The second kappa shape index (κ2) is 5.07. The summed E-state index contributed by atoms with van der Waals surface area (Å²) in [6.45, 7) is 1.68. The van der Waals surface area contributed by atoms with Crippen LogP contribution < -0.4 is 0 Å². The zero-order chi connectivity index (χ0) is 13.0. The first-order valence-corrected chi connectivity index (χ1v) is 4.85. The first-order valence-electron chi connectivity index (χ1n) is 4.85. The van der Waals surface area contributed by atoms with Crippen molar-refractivity contribution in [3.63, 3.8) is 0 Å². The standard InChI is InChI=1S/C11H10N2O4/c1-3-8-9(13(15)16)5-4-7(6-12)10(8)11(14)17-2/h4-5H,3H2,1-2H3. The van der Waals surface area contributed by atoms with Crippen LogP contribution in [0.1, 0.15) is 28.4 Å². The quantitative estimate of drug-likeness (QED) is 0.451. The van der Waals surface area contributed by atoms with Crippen LogP contribution in [0.4, 0.5) is 5.69 Å². The highest BCUT2D eigenvalue weighted by Crippen LogP contribution is 2.26. The molecular weight excluding hydrogens is 224 g/mol. The molecule has 0 fully saturated rings. The van der Waals surface area contributed by atoms with Gasteiger partial charge in [-0.15, -0.1) is 0 Å². The summed E-state index contributed by atoms with van der Waals surface area (Å²) in [5, 5.41) is 19.7. The fourth-order valence-corrected chi connectivity index (χ4v) is 1.59. The molecule has 0 aliphatic heterocycles. The van der Waals surface area contributed by atoms with Gasteiger partial charge >= 0.3 is 5.97 Å². The summed E-state index contributed by atoms with van der Waals surface area (Å²) in [4.78, 5) is 21.8. The predicted molar refractivity (Wildman–Crippen MR) is 58.5 cm³/mol. The molecule has 1 aromatic rings. The number of esters is 1. The Morgan fingerprint density at radius 2 is 2.24 bits per heavy atom. The van der Waals surface area contributed by atoms with Gasteiger partial charge in [0.15, 0.2) is 0 Å². The summed E-state index contributed by atoms with van der Waals surface area (Å²) in [7, 11) is 1.17. The van der Waals surface area contributed by atoms with Gasteiger partial charge < -0.3 is 4.74 Å². The zero-order valence-corrected chi connectivity index (χ0v) is 9.39. The number of benzene rings is 1. The smallest absolute Gasteiger partial charge is 0.339 e. The first kappa shape index (κ1) is 12.6. The van der Waals surface area contributed by atoms with Gasteiger partial charge in [0.1, 0.15) is 6.07 Å². The van der Waals surface area contributed by atoms with Crippen LogP contribution in [-0.2, 0) is 11.2 Å². The van der Waals surface area contributed by atoms with E-state index < -0.39 is 10.9 Å². The van der Waals surface area contributed by atoms with Gasteiger partial charge in [0, 0.05) is 11.6 Å². The minimum absolute atomic E-state index is 0.0216. The number of methoxy groups -OCH3 is 1. The van der Waals surface area contributed by atoms with E-state index in [2.05, 4.69) is 4.74 Å². The van der Waals surface area contributed by atoms with E-state index in [1.807, 2.05) is 6.07 Å². The Labute approximate surface area is 97.6 Å². The normalized spacial score (nSPS) is 9.47. The van der Waals surface area contributed by atoms with Gasteiger partial charge in [-0.25, -0.2) is 4.79 Å². The highest BCUT2D eigenvalue weighted by Gasteiger charge is 2.24. The van der Waals surface area contributed by atoms with Crippen molar-refractivity contribution in [3.05, 3.63) is 38.9 Å². The lowest BCUT2D eigenvalue weighted by Crippen LogP contribution is -2.10. The Morgan fingerprint density at radius 3 is 2.65 bits per heavy atom. The number of ether oxygens (including phenoxy) is 1. The van der Waals surface area contributed by atoms with Crippen molar-refractivity contribution < 1.29 is 14.5 Å². The maximum absolute atomic E-state index is 11.6. The van der Waals surface area contributed by atoms with Crippen molar-refractivity contribution in [2.45, 2.75) is 13.3 Å². The second-order valence-corrected chi connectivity index (χ2v) is 3.20. The number of hydrogen-bond donors (Lipinski definition) is 0. The predicted octanol–water partition coefficient (Wildman–Crippen LogP) is 1.82. The lowest BCUT2D eigenvalue weighted by Gasteiger charge is -2.08. The highest BCUT2D eigenvalue weighted by molar-refractivity contribution is 5.95. The SMILES string of the molecule is CCc1c([N+](=O)[O-])ccc(C#N)c1C(=O)OC. The van der Waals surface area contributed by atoms with E-state index in [-0.39, 0.29) is 28.8 Å². The van der Waals surface area contributed by atoms with Crippen LogP contribution in [-0.4, -0.2) is 18.0 Å². The number of rotatable bonds is 3. The van der Waals surface area contributed by atoms with E-state index in [9.17, 15) is 14.9 Å². The molecule has 88 valence electrons. The van der Waals surface area contributed by atoms with Crippen LogP contribution in [0.2, 0.25) is 0 Å². The van der Waals surface area contributed by atoms with Crippen LogP contribution in [0.25, 0.3) is 0 Å². The maximum Gasteiger partial charge on any atom is 0.339 e. The number of nitriles is 1. The Hall–Kier alpha value is -2.42. The van der Waals surface area contributed by atoms with Gasteiger partial charge in [0.25, 0.3) is 5.69 Å². The van der Waals surface area contributed by atoms with E-state index in [0.717, 1.165) is 0 Å². The average Bonchev–Trinajstić information content (AvgIpc) is 2.35.